The van der Waals surface area contributed by atoms with Crippen molar-refractivity contribution in [1.82, 2.24) is 10.6 Å². The van der Waals surface area contributed by atoms with E-state index in [-0.39, 0.29) is 6.04 Å². The summed E-state index contributed by atoms with van der Waals surface area (Å²) in [6.07, 6.45) is 4.15. The Morgan fingerprint density at radius 3 is 2.89 bits per heavy atom. The smallest absolute Gasteiger partial charge is 0.129 e. The third-order valence-corrected chi connectivity index (χ3v) is 4.52. The Hall–Kier alpha value is -0.930. The first-order valence-electron chi connectivity index (χ1n) is 7.40. The molecule has 0 amide bonds. The summed E-state index contributed by atoms with van der Waals surface area (Å²) in [4.78, 5) is 0. The highest BCUT2D eigenvalue weighted by atomic mass is 19.1. The van der Waals surface area contributed by atoms with Gasteiger partial charge in [0.25, 0.3) is 0 Å². The molecular weight excluding hydrogens is 239 g/mol. The second-order valence-corrected chi connectivity index (χ2v) is 6.14. The minimum absolute atomic E-state index is 0.160. The van der Waals surface area contributed by atoms with E-state index in [9.17, 15) is 0 Å². The summed E-state index contributed by atoms with van der Waals surface area (Å²) in [5, 5.41) is 6.80. The molecule has 0 saturated carbocycles. The Kier molecular flexibility index (Phi) is 3.59. The highest BCUT2D eigenvalue weighted by Crippen LogP contribution is 2.39. The van der Waals surface area contributed by atoms with Crippen LogP contribution in [-0.4, -0.2) is 18.3 Å². The fraction of sp³-hybridized carbons (Fsp3) is 0.625. The first-order valence-corrected chi connectivity index (χ1v) is 7.40. The molecule has 2 aliphatic heterocycles. The minimum Gasteiger partial charge on any atom is -0.314 e. The molecule has 2 nitrogen and oxygen atoms in total. The standard InChI is InChI=1S/C16H23FN2/c1-16(17,10-13-7-4-5-9-18-13)15-14-8-3-2-6-12(14)11-19-15/h2-3,6,8,13,15,18-19H,4-5,7,9-11H2,1H3. The fourth-order valence-electron chi connectivity index (χ4n) is 3.53. The molecule has 1 fully saturated rings. The first-order chi connectivity index (χ1) is 9.17. The number of fused-ring (bicyclic) bond motifs is 1. The van der Waals surface area contributed by atoms with E-state index >= 15 is 4.39 Å². The van der Waals surface area contributed by atoms with Gasteiger partial charge in [-0.2, -0.15) is 0 Å². The number of halogens is 1. The van der Waals surface area contributed by atoms with Crippen LogP contribution in [0, 0.1) is 0 Å². The van der Waals surface area contributed by atoms with Crippen LogP contribution in [0.1, 0.15) is 49.8 Å². The van der Waals surface area contributed by atoms with Crippen LogP contribution in [-0.2, 0) is 6.54 Å². The van der Waals surface area contributed by atoms with Crippen molar-refractivity contribution in [2.45, 2.75) is 56.9 Å². The molecular formula is C16H23FN2. The topological polar surface area (TPSA) is 24.1 Å². The molecule has 1 aromatic rings. The number of hydrogen-bond acceptors (Lipinski definition) is 2. The van der Waals surface area contributed by atoms with Gasteiger partial charge in [-0.25, -0.2) is 4.39 Å². The van der Waals surface area contributed by atoms with E-state index in [0.29, 0.717) is 12.5 Å². The predicted molar refractivity (Wildman–Crippen MR) is 75.8 cm³/mol. The Bertz CT molecular complexity index is 438. The quantitative estimate of drug-likeness (QED) is 0.874. The van der Waals surface area contributed by atoms with Crippen molar-refractivity contribution in [1.29, 1.82) is 0 Å². The predicted octanol–water partition coefficient (Wildman–Crippen LogP) is 3.09. The van der Waals surface area contributed by atoms with Crippen LogP contribution in [0.15, 0.2) is 24.3 Å². The lowest BCUT2D eigenvalue weighted by Crippen LogP contribution is -2.43. The van der Waals surface area contributed by atoms with Crippen LogP contribution in [0.3, 0.4) is 0 Å². The highest BCUT2D eigenvalue weighted by molar-refractivity contribution is 5.35. The average Bonchev–Trinajstić information content (AvgIpc) is 2.84. The van der Waals surface area contributed by atoms with E-state index in [4.69, 9.17) is 0 Å². The van der Waals surface area contributed by atoms with Crippen molar-refractivity contribution in [2.24, 2.45) is 0 Å². The van der Waals surface area contributed by atoms with Crippen LogP contribution in [0.4, 0.5) is 4.39 Å². The third-order valence-electron chi connectivity index (χ3n) is 4.52. The van der Waals surface area contributed by atoms with Gasteiger partial charge in [-0.1, -0.05) is 30.7 Å². The molecule has 2 heterocycles. The van der Waals surface area contributed by atoms with E-state index in [1.165, 1.54) is 18.4 Å². The fourth-order valence-corrected chi connectivity index (χ4v) is 3.53. The Labute approximate surface area is 114 Å². The number of alkyl halides is 1. The van der Waals surface area contributed by atoms with Gasteiger partial charge in [-0.3, -0.25) is 0 Å². The van der Waals surface area contributed by atoms with Crippen LogP contribution < -0.4 is 10.6 Å². The van der Waals surface area contributed by atoms with Crippen molar-refractivity contribution in [3.05, 3.63) is 35.4 Å². The van der Waals surface area contributed by atoms with Gasteiger partial charge in [0, 0.05) is 12.6 Å². The molecule has 2 N–H and O–H groups in total. The molecule has 0 aromatic heterocycles. The van der Waals surface area contributed by atoms with Crippen LogP contribution in [0.2, 0.25) is 0 Å². The van der Waals surface area contributed by atoms with E-state index in [2.05, 4.69) is 22.8 Å². The summed E-state index contributed by atoms with van der Waals surface area (Å²) < 4.78 is 15.2. The van der Waals surface area contributed by atoms with Gasteiger partial charge in [-0.05, 0) is 43.9 Å². The summed E-state index contributed by atoms with van der Waals surface area (Å²) >= 11 is 0. The van der Waals surface area contributed by atoms with Crippen molar-refractivity contribution >= 4 is 0 Å². The maximum absolute atomic E-state index is 15.2. The molecule has 19 heavy (non-hydrogen) atoms. The van der Waals surface area contributed by atoms with Crippen LogP contribution in [0.25, 0.3) is 0 Å². The largest absolute Gasteiger partial charge is 0.314 e. The maximum atomic E-state index is 15.2. The molecule has 2 aliphatic rings. The van der Waals surface area contributed by atoms with Gasteiger partial charge < -0.3 is 10.6 Å². The number of rotatable bonds is 3. The van der Waals surface area contributed by atoms with Crippen LogP contribution in [0.5, 0.6) is 0 Å². The van der Waals surface area contributed by atoms with Crippen molar-refractivity contribution in [2.75, 3.05) is 6.54 Å². The summed E-state index contributed by atoms with van der Waals surface area (Å²) in [6.45, 7) is 3.58. The highest BCUT2D eigenvalue weighted by Gasteiger charge is 2.40. The summed E-state index contributed by atoms with van der Waals surface area (Å²) in [6, 6.07) is 8.36. The van der Waals surface area contributed by atoms with Crippen molar-refractivity contribution in [3.63, 3.8) is 0 Å². The summed E-state index contributed by atoms with van der Waals surface area (Å²) in [5.41, 5.74) is 1.19. The van der Waals surface area contributed by atoms with Gasteiger partial charge in [0.05, 0.1) is 6.04 Å². The van der Waals surface area contributed by atoms with E-state index in [1.54, 1.807) is 6.92 Å². The maximum Gasteiger partial charge on any atom is 0.129 e. The van der Waals surface area contributed by atoms with Gasteiger partial charge in [0.1, 0.15) is 5.67 Å². The molecule has 1 saturated heterocycles. The van der Waals surface area contributed by atoms with Gasteiger partial charge in [0.15, 0.2) is 0 Å². The molecule has 3 unspecified atom stereocenters. The lowest BCUT2D eigenvalue weighted by molar-refractivity contribution is 0.0994. The zero-order valence-corrected chi connectivity index (χ0v) is 11.6. The van der Waals surface area contributed by atoms with E-state index in [1.807, 2.05) is 12.1 Å². The molecule has 3 heteroatoms. The number of hydrogen-bond donors (Lipinski definition) is 2. The molecule has 104 valence electrons. The zero-order valence-electron chi connectivity index (χ0n) is 11.6. The molecule has 0 spiro atoms. The summed E-state index contributed by atoms with van der Waals surface area (Å²) in [7, 11) is 0. The monoisotopic (exact) mass is 262 g/mol. The van der Waals surface area contributed by atoms with Gasteiger partial charge in [0.2, 0.25) is 0 Å². The lowest BCUT2D eigenvalue weighted by Gasteiger charge is -2.34. The second kappa shape index (κ2) is 5.22. The molecule has 3 atom stereocenters. The minimum atomic E-state index is -1.19. The molecule has 0 radical (unpaired) electrons. The first kappa shape index (κ1) is 13.1. The SMILES string of the molecule is CC(F)(CC1CCCCN1)C1NCc2ccccc21. The second-order valence-electron chi connectivity index (χ2n) is 6.14. The summed E-state index contributed by atoms with van der Waals surface area (Å²) in [5.74, 6) is 0. The van der Waals surface area contributed by atoms with Gasteiger partial charge in [-0.15, -0.1) is 0 Å². The van der Waals surface area contributed by atoms with Crippen LogP contribution >= 0.6 is 0 Å². The molecule has 0 aliphatic carbocycles. The van der Waals surface area contributed by atoms with Crippen molar-refractivity contribution in [3.8, 4) is 0 Å². The normalized spacial score (nSPS) is 29.8. The Balaban J connectivity index is 1.73. The number of piperidine rings is 1. The molecule has 3 rings (SSSR count). The zero-order chi connectivity index (χ0) is 13.3. The Morgan fingerprint density at radius 1 is 1.26 bits per heavy atom. The van der Waals surface area contributed by atoms with Gasteiger partial charge >= 0.3 is 0 Å². The third kappa shape index (κ3) is 2.67. The van der Waals surface area contributed by atoms with Crippen molar-refractivity contribution < 1.29 is 4.39 Å². The van der Waals surface area contributed by atoms with E-state index < -0.39 is 5.67 Å². The number of nitrogens with one attached hydrogen (secondary N) is 2. The molecule has 1 aromatic carbocycles. The molecule has 0 bridgehead atoms. The Morgan fingerprint density at radius 2 is 2.11 bits per heavy atom. The number of benzene rings is 1. The lowest BCUT2D eigenvalue weighted by atomic mass is 9.85. The van der Waals surface area contributed by atoms with E-state index in [0.717, 1.165) is 25.1 Å². The average molecular weight is 262 g/mol.